The molecular formula is C16H18N4. The lowest BCUT2D eigenvalue weighted by molar-refractivity contribution is 1.13. The number of aromatic nitrogens is 1. The van der Waals surface area contributed by atoms with Gasteiger partial charge in [-0.05, 0) is 31.2 Å². The minimum absolute atomic E-state index is 0.570. The maximum Gasteiger partial charge on any atom is 0.144 e. The van der Waals surface area contributed by atoms with Gasteiger partial charge in [-0.3, -0.25) is 0 Å². The summed E-state index contributed by atoms with van der Waals surface area (Å²) in [4.78, 5) is 6.59. The number of hydrogen-bond donors (Lipinski definition) is 1. The average molecular weight is 266 g/mol. The zero-order chi connectivity index (χ0) is 14.5. The second kappa shape index (κ2) is 6.07. The van der Waals surface area contributed by atoms with Crippen LogP contribution in [-0.4, -0.2) is 25.6 Å². The van der Waals surface area contributed by atoms with Crippen LogP contribution in [0.15, 0.2) is 36.4 Å². The van der Waals surface area contributed by atoms with Crippen molar-refractivity contribution in [2.24, 2.45) is 0 Å². The third-order valence-electron chi connectivity index (χ3n) is 3.04. The van der Waals surface area contributed by atoms with Crippen LogP contribution in [0.25, 0.3) is 11.3 Å². The number of rotatable bonds is 4. The number of hydrogen-bond acceptors (Lipinski definition) is 4. The predicted molar refractivity (Wildman–Crippen MR) is 82.9 cm³/mol. The monoisotopic (exact) mass is 266 g/mol. The van der Waals surface area contributed by atoms with Crippen molar-refractivity contribution in [2.75, 3.05) is 30.9 Å². The molecule has 0 fully saturated rings. The molecule has 4 heteroatoms. The molecule has 1 aromatic carbocycles. The number of benzene rings is 1. The van der Waals surface area contributed by atoms with Crippen LogP contribution >= 0.6 is 0 Å². The molecule has 0 spiro atoms. The fourth-order valence-electron chi connectivity index (χ4n) is 1.94. The quantitative estimate of drug-likeness (QED) is 0.923. The molecule has 0 aliphatic carbocycles. The molecule has 0 amide bonds. The number of nitriles is 1. The summed E-state index contributed by atoms with van der Waals surface area (Å²) in [5.74, 6) is 0.643. The summed E-state index contributed by atoms with van der Waals surface area (Å²) in [6.45, 7) is 2.73. The number of pyridine rings is 1. The normalized spacial score (nSPS) is 9.90. The van der Waals surface area contributed by atoms with Crippen molar-refractivity contribution in [1.82, 2.24) is 4.98 Å². The van der Waals surface area contributed by atoms with E-state index in [9.17, 15) is 0 Å². The van der Waals surface area contributed by atoms with Crippen LogP contribution < -0.4 is 10.2 Å². The van der Waals surface area contributed by atoms with E-state index in [0.717, 1.165) is 23.5 Å². The molecule has 0 aliphatic rings. The van der Waals surface area contributed by atoms with E-state index in [1.165, 1.54) is 0 Å². The second-order valence-electron chi connectivity index (χ2n) is 4.68. The Morgan fingerprint density at radius 3 is 2.40 bits per heavy atom. The van der Waals surface area contributed by atoms with Crippen LogP contribution in [0, 0.1) is 11.3 Å². The molecule has 0 radical (unpaired) electrons. The SMILES string of the molecule is CCNc1nc(-c2ccc(N(C)C)cc2)ccc1C#N. The Labute approximate surface area is 119 Å². The summed E-state index contributed by atoms with van der Waals surface area (Å²) < 4.78 is 0. The third kappa shape index (κ3) is 2.89. The highest BCUT2D eigenvalue weighted by Gasteiger charge is 2.06. The highest BCUT2D eigenvalue weighted by Crippen LogP contribution is 2.23. The van der Waals surface area contributed by atoms with Crippen LogP contribution in [0.5, 0.6) is 0 Å². The van der Waals surface area contributed by atoms with Crippen LogP contribution in [0.3, 0.4) is 0 Å². The molecule has 0 unspecified atom stereocenters. The van der Waals surface area contributed by atoms with Gasteiger partial charge in [0.15, 0.2) is 0 Å². The van der Waals surface area contributed by atoms with Crippen molar-refractivity contribution < 1.29 is 0 Å². The van der Waals surface area contributed by atoms with Gasteiger partial charge in [0.1, 0.15) is 11.9 Å². The molecular weight excluding hydrogens is 248 g/mol. The van der Waals surface area contributed by atoms with Crippen LogP contribution in [0.4, 0.5) is 11.5 Å². The van der Waals surface area contributed by atoms with Gasteiger partial charge in [-0.1, -0.05) is 12.1 Å². The molecule has 0 saturated carbocycles. The maximum atomic E-state index is 9.07. The van der Waals surface area contributed by atoms with Gasteiger partial charge in [0.2, 0.25) is 0 Å². The third-order valence-corrected chi connectivity index (χ3v) is 3.04. The summed E-state index contributed by atoms with van der Waals surface area (Å²) in [7, 11) is 4.02. The summed E-state index contributed by atoms with van der Waals surface area (Å²) in [6.07, 6.45) is 0. The summed E-state index contributed by atoms with van der Waals surface area (Å²) >= 11 is 0. The van der Waals surface area contributed by atoms with Gasteiger partial charge in [-0.25, -0.2) is 4.98 Å². The van der Waals surface area contributed by atoms with Crippen molar-refractivity contribution in [3.05, 3.63) is 42.0 Å². The lowest BCUT2D eigenvalue weighted by Gasteiger charge is -2.13. The Bertz CT molecular complexity index is 624. The summed E-state index contributed by atoms with van der Waals surface area (Å²) in [5.41, 5.74) is 3.62. The first-order valence-corrected chi connectivity index (χ1v) is 6.58. The molecule has 0 aliphatic heterocycles. The molecule has 0 atom stereocenters. The molecule has 102 valence electrons. The minimum atomic E-state index is 0.570. The molecule has 4 nitrogen and oxygen atoms in total. The van der Waals surface area contributed by atoms with Gasteiger partial charge in [-0.15, -0.1) is 0 Å². The number of anilines is 2. The van der Waals surface area contributed by atoms with Crippen LogP contribution in [-0.2, 0) is 0 Å². The van der Waals surface area contributed by atoms with Crippen LogP contribution in [0.1, 0.15) is 12.5 Å². The van der Waals surface area contributed by atoms with E-state index in [-0.39, 0.29) is 0 Å². The molecule has 1 N–H and O–H groups in total. The molecule has 2 aromatic rings. The standard InChI is InChI=1S/C16H18N4/c1-4-18-16-13(11-17)7-10-15(19-16)12-5-8-14(9-6-12)20(2)3/h5-10H,4H2,1-3H3,(H,18,19). The fourth-order valence-corrected chi connectivity index (χ4v) is 1.94. The van der Waals surface area contributed by atoms with Crippen molar-refractivity contribution >= 4 is 11.5 Å². The molecule has 0 saturated heterocycles. The van der Waals surface area contributed by atoms with Crippen molar-refractivity contribution in [3.8, 4) is 17.3 Å². The van der Waals surface area contributed by atoms with Gasteiger partial charge in [-0.2, -0.15) is 5.26 Å². The first kappa shape index (κ1) is 13.9. The molecule has 1 heterocycles. The first-order valence-electron chi connectivity index (χ1n) is 6.58. The lowest BCUT2D eigenvalue weighted by Crippen LogP contribution is -2.08. The van der Waals surface area contributed by atoms with E-state index in [1.54, 1.807) is 6.07 Å². The van der Waals surface area contributed by atoms with Crippen molar-refractivity contribution in [2.45, 2.75) is 6.92 Å². The van der Waals surface area contributed by atoms with E-state index < -0.39 is 0 Å². The Balaban J connectivity index is 2.37. The largest absolute Gasteiger partial charge is 0.378 e. The molecule has 0 bridgehead atoms. The smallest absolute Gasteiger partial charge is 0.144 e. The van der Waals surface area contributed by atoms with Gasteiger partial charge in [0.25, 0.3) is 0 Å². The predicted octanol–water partition coefficient (Wildman–Crippen LogP) is 3.12. The topological polar surface area (TPSA) is 52.0 Å². The van der Waals surface area contributed by atoms with E-state index in [2.05, 4.69) is 33.4 Å². The maximum absolute atomic E-state index is 9.07. The first-order chi connectivity index (χ1) is 9.65. The Kier molecular flexibility index (Phi) is 4.21. The van der Waals surface area contributed by atoms with E-state index in [4.69, 9.17) is 5.26 Å². The number of nitrogens with zero attached hydrogens (tertiary/aromatic N) is 3. The van der Waals surface area contributed by atoms with Gasteiger partial charge < -0.3 is 10.2 Å². The van der Waals surface area contributed by atoms with Crippen molar-refractivity contribution in [1.29, 1.82) is 5.26 Å². The molecule has 20 heavy (non-hydrogen) atoms. The zero-order valence-electron chi connectivity index (χ0n) is 12.0. The Morgan fingerprint density at radius 1 is 1.15 bits per heavy atom. The second-order valence-corrected chi connectivity index (χ2v) is 4.68. The van der Waals surface area contributed by atoms with Crippen LogP contribution in [0.2, 0.25) is 0 Å². The summed E-state index contributed by atoms with van der Waals surface area (Å²) in [5, 5.41) is 12.2. The highest BCUT2D eigenvalue weighted by atomic mass is 15.1. The molecule has 2 rings (SSSR count). The van der Waals surface area contributed by atoms with Gasteiger partial charge in [0.05, 0.1) is 11.3 Å². The van der Waals surface area contributed by atoms with Gasteiger partial charge >= 0.3 is 0 Å². The zero-order valence-corrected chi connectivity index (χ0v) is 12.0. The Morgan fingerprint density at radius 2 is 1.85 bits per heavy atom. The lowest BCUT2D eigenvalue weighted by atomic mass is 10.1. The van der Waals surface area contributed by atoms with Gasteiger partial charge in [0, 0.05) is 31.9 Å². The number of nitrogens with one attached hydrogen (secondary N) is 1. The van der Waals surface area contributed by atoms with E-state index in [0.29, 0.717) is 11.4 Å². The Hall–Kier alpha value is -2.54. The average Bonchev–Trinajstić information content (AvgIpc) is 2.47. The fraction of sp³-hybridized carbons (Fsp3) is 0.250. The molecule has 1 aromatic heterocycles. The summed E-state index contributed by atoms with van der Waals surface area (Å²) in [6, 6.07) is 14.0. The van der Waals surface area contributed by atoms with E-state index >= 15 is 0 Å². The minimum Gasteiger partial charge on any atom is -0.378 e. The van der Waals surface area contributed by atoms with Crippen molar-refractivity contribution in [3.63, 3.8) is 0 Å². The van der Waals surface area contributed by atoms with E-state index in [1.807, 2.05) is 39.2 Å². The highest BCUT2D eigenvalue weighted by molar-refractivity contribution is 5.66.